The molecule has 0 aliphatic carbocycles. The van der Waals surface area contributed by atoms with Gasteiger partial charge in [-0.1, -0.05) is 34.6 Å². The Morgan fingerprint density at radius 2 is 1.70 bits per heavy atom. The van der Waals surface area contributed by atoms with Crippen molar-refractivity contribution in [2.75, 3.05) is 13.2 Å². The number of carbonyl (C=O) groups excluding carboxylic acids is 1. The number of ether oxygens (including phenoxy) is 2. The van der Waals surface area contributed by atoms with E-state index in [9.17, 15) is 4.79 Å². The van der Waals surface area contributed by atoms with Crippen LogP contribution in [0.15, 0.2) is 53.5 Å². The molecule has 23 heavy (non-hydrogen) atoms. The van der Waals surface area contributed by atoms with Crippen molar-refractivity contribution in [2.24, 2.45) is 0 Å². The van der Waals surface area contributed by atoms with Gasteiger partial charge in [-0.3, -0.25) is 0 Å². The zero-order chi connectivity index (χ0) is 16.5. The van der Waals surface area contributed by atoms with E-state index >= 15 is 0 Å². The number of unbranched alkanes of at least 4 members (excludes halogenated alkanes) is 3. The first-order valence-electron chi connectivity index (χ1n) is 7.80. The smallest absolute Gasteiger partial charge is 0.330 e. The van der Waals surface area contributed by atoms with E-state index in [2.05, 4.69) is 46.8 Å². The molecule has 2 rings (SSSR count). The summed E-state index contributed by atoms with van der Waals surface area (Å²) in [5.41, 5.74) is 0. The lowest BCUT2D eigenvalue weighted by molar-refractivity contribution is -0.137. The highest BCUT2D eigenvalue weighted by molar-refractivity contribution is 9.10. The number of hydrogen-bond acceptors (Lipinski definition) is 3. The minimum absolute atomic E-state index is 0.350. The summed E-state index contributed by atoms with van der Waals surface area (Å²) in [5, 5.41) is 2.37. The van der Waals surface area contributed by atoms with E-state index < -0.39 is 0 Å². The van der Waals surface area contributed by atoms with Crippen LogP contribution in [0.1, 0.15) is 25.7 Å². The molecule has 0 radical (unpaired) electrons. The second kappa shape index (κ2) is 9.36. The Hall–Kier alpha value is -1.81. The molecule has 0 aromatic heterocycles. The number of carbonyl (C=O) groups is 1. The molecule has 0 aliphatic heterocycles. The van der Waals surface area contributed by atoms with E-state index in [1.165, 1.54) is 16.8 Å². The standard InChI is InChI=1S/C19H21BrO3/c1-2-19(21)23-12-6-4-3-5-11-22-18-10-8-15-13-17(20)9-7-16(15)14-18/h2,7-10,13-14H,1,3-6,11-12H2. The molecule has 3 nitrogen and oxygen atoms in total. The number of fused-ring (bicyclic) bond motifs is 1. The van der Waals surface area contributed by atoms with Gasteiger partial charge in [-0.15, -0.1) is 0 Å². The van der Waals surface area contributed by atoms with Gasteiger partial charge in [0.2, 0.25) is 0 Å². The van der Waals surface area contributed by atoms with Gasteiger partial charge in [0.1, 0.15) is 5.75 Å². The zero-order valence-electron chi connectivity index (χ0n) is 13.1. The fourth-order valence-corrected chi connectivity index (χ4v) is 2.64. The fraction of sp³-hybridized carbons (Fsp3) is 0.316. The lowest BCUT2D eigenvalue weighted by Crippen LogP contribution is -2.02. The predicted molar refractivity (Wildman–Crippen MR) is 96.8 cm³/mol. The van der Waals surface area contributed by atoms with Gasteiger partial charge in [0, 0.05) is 10.5 Å². The van der Waals surface area contributed by atoms with Crippen molar-refractivity contribution >= 4 is 32.7 Å². The Bertz CT molecular complexity index is 667. The highest BCUT2D eigenvalue weighted by atomic mass is 79.9. The molecule has 0 N–H and O–H groups in total. The first-order valence-corrected chi connectivity index (χ1v) is 8.59. The van der Waals surface area contributed by atoms with Crippen LogP contribution >= 0.6 is 15.9 Å². The summed E-state index contributed by atoms with van der Waals surface area (Å²) in [7, 11) is 0. The van der Waals surface area contributed by atoms with Gasteiger partial charge in [0.25, 0.3) is 0 Å². The summed E-state index contributed by atoms with van der Waals surface area (Å²) < 4.78 is 11.8. The first-order chi connectivity index (χ1) is 11.2. The van der Waals surface area contributed by atoms with Gasteiger partial charge in [-0.05, 0) is 60.7 Å². The van der Waals surface area contributed by atoms with Crippen molar-refractivity contribution in [3.63, 3.8) is 0 Å². The predicted octanol–water partition coefficient (Wildman–Crippen LogP) is 5.27. The molecule has 2 aromatic rings. The Labute approximate surface area is 145 Å². The van der Waals surface area contributed by atoms with Crippen molar-refractivity contribution in [1.82, 2.24) is 0 Å². The Kier molecular flexibility index (Phi) is 7.14. The van der Waals surface area contributed by atoms with Gasteiger partial charge in [-0.25, -0.2) is 4.79 Å². The van der Waals surface area contributed by atoms with Gasteiger partial charge >= 0.3 is 5.97 Å². The molecular weight excluding hydrogens is 356 g/mol. The van der Waals surface area contributed by atoms with Crippen LogP contribution in [0, 0.1) is 0 Å². The molecule has 0 atom stereocenters. The van der Waals surface area contributed by atoms with Gasteiger partial charge in [0.15, 0.2) is 0 Å². The van der Waals surface area contributed by atoms with Crippen LogP contribution in [0.5, 0.6) is 5.75 Å². The lowest BCUT2D eigenvalue weighted by atomic mass is 10.1. The molecular formula is C19H21BrO3. The van der Waals surface area contributed by atoms with Crippen LogP contribution in [0.25, 0.3) is 10.8 Å². The minimum atomic E-state index is -0.350. The molecule has 0 bridgehead atoms. The Balaban J connectivity index is 1.64. The average molecular weight is 377 g/mol. The van der Waals surface area contributed by atoms with Crippen LogP contribution in [0.4, 0.5) is 0 Å². The van der Waals surface area contributed by atoms with E-state index in [1.807, 2.05) is 12.1 Å². The van der Waals surface area contributed by atoms with Gasteiger partial charge in [0.05, 0.1) is 13.2 Å². The second-order valence-corrected chi connectivity index (χ2v) is 6.20. The Morgan fingerprint density at radius 1 is 1.00 bits per heavy atom. The Morgan fingerprint density at radius 3 is 2.48 bits per heavy atom. The SMILES string of the molecule is C=CC(=O)OCCCCCCOc1ccc2cc(Br)ccc2c1. The van der Waals surface area contributed by atoms with E-state index in [0.717, 1.165) is 35.9 Å². The monoisotopic (exact) mass is 376 g/mol. The normalized spacial score (nSPS) is 10.5. The topological polar surface area (TPSA) is 35.5 Å². The van der Waals surface area contributed by atoms with E-state index in [1.54, 1.807) is 0 Å². The van der Waals surface area contributed by atoms with Crippen LogP contribution in [-0.2, 0) is 9.53 Å². The molecule has 0 saturated carbocycles. The summed E-state index contributed by atoms with van der Waals surface area (Å²) in [6, 6.07) is 12.4. The molecule has 0 aliphatic rings. The average Bonchev–Trinajstić information content (AvgIpc) is 2.57. The van der Waals surface area contributed by atoms with E-state index in [4.69, 9.17) is 9.47 Å². The van der Waals surface area contributed by atoms with Gasteiger partial charge in [-0.2, -0.15) is 0 Å². The summed E-state index contributed by atoms with van der Waals surface area (Å²) in [4.78, 5) is 10.9. The van der Waals surface area contributed by atoms with Crippen molar-refractivity contribution in [3.8, 4) is 5.75 Å². The zero-order valence-corrected chi connectivity index (χ0v) is 14.7. The maximum absolute atomic E-state index is 10.9. The molecule has 122 valence electrons. The first kappa shape index (κ1) is 17.5. The van der Waals surface area contributed by atoms with E-state index in [-0.39, 0.29) is 5.97 Å². The molecule has 0 fully saturated rings. The third kappa shape index (κ3) is 6.06. The molecule has 0 amide bonds. The maximum atomic E-state index is 10.9. The van der Waals surface area contributed by atoms with Gasteiger partial charge < -0.3 is 9.47 Å². The third-order valence-corrected chi connectivity index (χ3v) is 3.99. The largest absolute Gasteiger partial charge is 0.494 e. The highest BCUT2D eigenvalue weighted by Gasteiger charge is 1.99. The lowest BCUT2D eigenvalue weighted by Gasteiger charge is -2.08. The molecule has 4 heteroatoms. The van der Waals surface area contributed by atoms with Crippen LogP contribution < -0.4 is 4.74 Å². The maximum Gasteiger partial charge on any atom is 0.330 e. The number of hydrogen-bond donors (Lipinski definition) is 0. The number of halogens is 1. The number of esters is 1. The second-order valence-electron chi connectivity index (χ2n) is 5.29. The molecule has 0 unspecified atom stereocenters. The van der Waals surface area contributed by atoms with E-state index in [0.29, 0.717) is 13.2 Å². The van der Waals surface area contributed by atoms with Crippen molar-refractivity contribution < 1.29 is 14.3 Å². The molecule has 2 aromatic carbocycles. The quantitative estimate of drug-likeness (QED) is 0.339. The fourth-order valence-electron chi connectivity index (χ4n) is 2.26. The number of rotatable bonds is 9. The number of benzene rings is 2. The summed E-state index contributed by atoms with van der Waals surface area (Å²) in [6.07, 6.45) is 5.15. The van der Waals surface area contributed by atoms with Crippen LogP contribution in [0.2, 0.25) is 0 Å². The van der Waals surface area contributed by atoms with Crippen molar-refractivity contribution in [3.05, 3.63) is 53.5 Å². The summed E-state index contributed by atoms with van der Waals surface area (Å²) in [5.74, 6) is 0.552. The molecule has 0 saturated heterocycles. The van der Waals surface area contributed by atoms with Crippen LogP contribution in [-0.4, -0.2) is 19.2 Å². The van der Waals surface area contributed by atoms with Crippen LogP contribution in [0.3, 0.4) is 0 Å². The van der Waals surface area contributed by atoms with Crippen molar-refractivity contribution in [1.29, 1.82) is 0 Å². The minimum Gasteiger partial charge on any atom is -0.494 e. The summed E-state index contributed by atoms with van der Waals surface area (Å²) >= 11 is 3.48. The summed E-state index contributed by atoms with van der Waals surface area (Å²) in [6.45, 7) is 4.53. The van der Waals surface area contributed by atoms with Crippen molar-refractivity contribution in [2.45, 2.75) is 25.7 Å². The molecule has 0 spiro atoms. The third-order valence-electron chi connectivity index (χ3n) is 3.49. The highest BCUT2D eigenvalue weighted by Crippen LogP contribution is 2.24. The molecule has 0 heterocycles.